The lowest BCUT2D eigenvalue weighted by Gasteiger charge is -2.34. The van der Waals surface area contributed by atoms with Crippen LogP contribution in [-0.4, -0.2) is 47.9 Å². The van der Waals surface area contributed by atoms with Gasteiger partial charge in [-0.15, -0.1) is 0 Å². The van der Waals surface area contributed by atoms with Crippen molar-refractivity contribution in [1.29, 1.82) is 0 Å². The fourth-order valence-electron chi connectivity index (χ4n) is 4.98. The summed E-state index contributed by atoms with van der Waals surface area (Å²) in [6, 6.07) is 11.1. The molecule has 2 aliphatic rings. The summed E-state index contributed by atoms with van der Waals surface area (Å²) in [5.74, 6) is 1.30. The molecule has 0 radical (unpaired) electrons. The van der Waals surface area contributed by atoms with Crippen LogP contribution in [0.1, 0.15) is 44.6 Å². The Morgan fingerprint density at radius 1 is 1.28 bits per heavy atom. The van der Waals surface area contributed by atoms with Gasteiger partial charge in [0.25, 0.3) is 0 Å². The van der Waals surface area contributed by atoms with Crippen molar-refractivity contribution in [3.63, 3.8) is 0 Å². The summed E-state index contributed by atoms with van der Waals surface area (Å²) < 4.78 is 0. The number of likely N-dealkylation sites (N-methyl/N-ethyl adjacent to an activating group) is 1. The molecule has 2 N–H and O–H groups in total. The first-order valence-corrected chi connectivity index (χ1v) is 9.87. The van der Waals surface area contributed by atoms with Gasteiger partial charge in [0.1, 0.15) is 0 Å². The number of nitrogens with two attached hydrogens (primary N) is 1. The molecule has 4 atom stereocenters. The van der Waals surface area contributed by atoms with E-state index in [1.54, 1.807) is 0 Å². The number of carbonyl (C=O) groups excluding carboxylic acids is 1. The van der Waals surface area contributed by atoms with Crippen LogP contribution in [0.15, 0.2) is 30.3 Å². The van der Waals surface area contributed by atoms with Crippen molar-refractivity contribution in [3.05, 3.63) is 35.9 Å². The highest BCUT2D eigenvalue weighted by molar-refractivity contribution is 5.79. The normalized spacial score (nSPS) is 27.6. The summed E-state index contributed by atoms with van der Waals surface area (Å²) in [4.78, 5) is 16.9. The first kappa shape index (κ1) is 18.4. The van der Waals surface area contributed by atoms with E-state index < -0.39 is 0 Å². The second-order valence-electron chi connectivity index (χ2n) is 7.97. The summed E-state index contributed by atoms with van der Waals surface area (Å²) in [7, 11) is 2.12. The Morgan fingerprint density at radius 3 is 2.72 bits per heavy atom. The zero-order valence-corrected chi connectivity index (χ0v) is 15.7. The van der Waals surface area contributed by atoms with E-state index in [4.69, 9.17) is 5.73 Å². The van der Waals surface area contributed by atoms with Crippen molar-refractivity contribution in [2.45, 2.75) is 57.7 Å². The number of amides is 1. The molecule has 0 spiro atoms. The molecule has 1 saturated heterocycles. The number of hydrogen-bond acceptors (Lipinski definition) is 3. The van der Waals surface area contributed by atoms with Crippen LogP contribution in [0.3, 0.4) is 0 Å². The monoisotopic (exact) mass is 343 g/mol. The van der Waals surface area contributed by atoms with Gasteiger partial charge < -0.3 is 5.73 Å². The minimum absolute atomic E-state index is 0.105. The molecule has 1 heterocycles. The largest absolute Gasteiger partial charge is 0.368 e. The van der Waals surface area contributed by atoms with Crippen LogP contribution in [-0.2, 0) is 11.3 Å². The van der Waals surface area contributed by atoms with E-state index in [1.807, 2.05) is 0 Å². The lowest BCUT2D eigenvalue weighted by Crippen LogP contribution is -2.49. The van der Waals surface area contributed by atoms with E-state index in [0.29, 0.717) is 12.0 Å². The molecule has 1 aromatic rings. The molecule has 3 rings (SSSR count). The third-order valence-corrected chi connectivity index (χ3v) is 6.32. The molecule has 1 aliphatic heterocycles. The van der Waals surface area contributed by atoms with Crippen LogP contribution >= 0.6 is 0 Å². The van der Waals surface area contributed by atoms with Crippen molar-refractivity contribution < 1.29 is 4.79 Å². The number of rotatable bonds is 8. The number of benzene rings is 1. The predicted octanol–water partition coefficient (Wildman–Crippen LogP) is 2.87. The lowest BCUT2D eigenvalue weighted by molar-refractivity contribution is -0.124. The third kappa shape index (κ3) is 4.24. The summed E-state index contributed by atoms with van der Waals surface area (Å²) in [5, 5.41) is 0. The average molecular weight is 344 g/mol. The number of primary amides is 1. The Labute approximate surface area is 152 Å². The fourth-order valence-corrected chi connectivity index (χ4v) is 4.98. The number of unbranched alkanes of at least 4 members (excludes halogenated alkanes) is 1. The van der Waals surface area contributed by atoms with Crippen molar-refractivity contribution in [1.82, 2.24) is 9.80 Å². The maximum Gasteiger partial charge on any atom is 0.234 e. The highest BCUT2D eigenvalue weighted by Crippen LogP contribution is 2.41. The van der Waals surface area contributed by atoms with E-state index in [0.717, 1.165) is 38.3 Å². The maximum atomic E-state index is 12.0. The molecular formula is C21H33N3O. The molecule has 0 bridgehead atoms. The van der Waals surface area contributed by atoms with Gasteiger partial charge in [0.2, 0.25) is 5.91 Å². The lowest BCUT2D eigenvalue weighted by atomic mass is 9.95. The summed E-state index contributed by atoms with van der Waals surface area (Å²) in [6.07, 6.45) is 5.56. The van der Waals surface area contributed by atoms with Gasteiger partial charge >= 0.3 is 0 Å². The van der Waals surface area contributed by atoms with Crippen LogP contribution in [0.2, 0.25) is 0 Å². The highest BCUT2D eigenvalue weighted by Gasteiger charge is 2.45. The number of nitrogens with zero attached hydrogens (tertiary/aromatic N) is 2. The van der Waals surface area contributed by atoms with E-state index in [9.17, 15) is 4.79 Å². The van der Waals surface area contributed by atoms with Crippen molar-refractivity contribution in [2.75, 3.05) is 20.1 Å². The molecule has 25 heavy (non-hydrogen) atoms. The second kappa shape index (κ2) is 8.33. The van der Waals surface area contributed by atoms with Crippen molar-refractivity contribution in [2.24, 2.45) is 17.6 Å². The van der Waals surface area contributed by atoms with Gasteiger partial charge in [-0.05, 0) is 43.7 Å². The number of likely N-dealkylation sites (tertiary alicyclic amines) is 1. The number of carbonyl (C=O) groups is 1. The minimum atomic E-state index is -0.154. The van der Waals surface area contributed by atoms with Crippen LogP contribution < -0.4 is 5.73 Å². The molecule has 1 aliphatic carbocycles. The molecule has 4 heteroatoms. The van der Waals surface area contributed by atoms with Gasteiger partial charge in [-0.1, -0.05) is 50.1 Å². The molecule has 4 nitrogen and oxygen atoms in total. The van der Waals surface area contributed by atoms with Gasteiger partial charge in [-0.3, -0.25) is 14.6 Å². The average Bonchev–Trinajstić information content (AvgIpc) is 3.15. The summed E-state index contributed by atoms with van der Waals surface area (Å²) in [6.45, 7) is 5.55. The quantitative estimate of drug-likeness (QED) is 0.789. The Hall–Kier alpha value is -1.39. The molecule has 1 amide bonds. The Bertz CT molecular complexity index is 562. The Kier molecular flexibility index (Phi) is 6.13. The summed E-state index contributed by atoms with van der Waals surface area (Å²) in [5.41, 5.74) is 7.12. The number of fused-ring (bicyclic) bond motifs is 1. The highest BCUT2D eigenvalue weighted by atomic mass is 16.1. The van der Waals surface area contributed by atoms with E-state index >= 15 is 0 Å². The van der Waals surface area contributed by atoms with Gasteiger partial charge in [0.05, 0.1) is 6.04 Å². The zero-order chi connectivity index (χ0) is 17.8. The van der Waals surface area contributed by atoms with E-state index in [-0.39, 0.29) is 11.9 Å². The fraction of sp³-hybridized carbons (Fsp3) is 0.667. The SMILES string of the molecule is CCCC[C@@H](C(N)=O)N(C)[C@H]1CC[C@@H]2CN(Cc3ccccc3)C[C@@H]21. The molecule has 1 aromatic carbocycles. The van der Waals surface area contributed by atoms with Gasteiger partial charge in [-0.25, -0.2) is 0 Å². The number of hydrogen-bond donors (Lipinski definition) is 1. The van der Waals surface area contributed by atoms with Crippen LogP contribution in [0.5, 0.6) is 0 Å². The maximum absolute atomic E-state index is 12.0. The standard InChI is InChI=1S/C21H33N3O/c1-3-4-10-20(21(22)25)23(2)19-12-11-17-14-24(15-18(17)19)13-16-8-6-5-7-9-16/h5-9,17-20H,3-4,10-15H2,1-2H3,(H2,22,25)/t17-,18+,19+,20+/m1/s1. The third-order valence-electron chi connectivity index (χ3n) is 6.32. The van der Waals surface area contributed by atoms with Crippen molar-refractivity contribution >= 4 is 5.91 Å². The van der Waals surface area contributed by atoms with Crippen LogP contribution in [0.25, 0.3) is 0 Å². The Morgan fingerprint density at radius 2 is 2.04 bits per heavy atom. The first-order valence-electron chi connectivity index (χ1n) is 9.87. The van der Waals surface area contributed by atoms with Crippen LogP contribution in [0.4, 0.5) is 0 Å². The summed E-state index contributed by atoms with van der Waals surface area (Å²) >= 11 is 0. The first-order chi connectivity index (χ1) is 12.1. The van der Waals surface area contributed by atoms with Crippen LogP contribution in [0, 0.1) is 11.8 Å². The second-order valence-corrected chi connectivity index (χ2v) is 7.97. The smallest absolute Gasteiger partial charge is 0.234 e. The van der Waals surface area contributed by atoms with Gasteiger partial charge in [0.15, 0.2) is 0 Å². The van der Waals surface area contributed by atoms with Gasteiger partial charge in [-0.2, -0.15) is 0 Å². The predicted molar refractivity (Wildman–Crippen MR) is 102 cm³/mol. The van der Waals surface area contributed by atoms with Crippen molar-refractivity contribution in [3.8, 4) is 0 Å². The van der Waals surface area contributed by atoms with E-state index in [2.05, 4.69) is 54.1 Å². The Balaban J connectivity index is 1.62. The van der Waals surface area contributed by atoms with E-state index in [1.165, 1.54) is 24.9 Å². The molecule has 1 saturated carbocycles. The zero-order valence-electron chi connectivity index (χ0n) is 15.7. The molecule has 2 fully saturated rings. The molecule has 0 unspecified atom stereocenters. The van der Waals surface area contributed by atoms with Gasteiger partial charge in [0, 0.05) is 25.7 Å². The molecule has 138 valence electrons. The molecule has 0 aromatic heterocycles. The topological polar surface area (TPSA) is 49.6 Å². The molecular weight excluding hydrogens is 310 g/mol. The minimum Gasteiger partial charge on any atom is -0.368 e.